The van der Waals surface area contributed by atoms with Gasteiger partial charge in [-0.3, -0.25) is 9.52 Å². The van der Waals surface area contributed by atoms with Gasteiger partial charge in [-0.1, -0.05) is 11.6 Å². The Hall–Kier alpha value is -0.110. The maximum absolute atomic E-state index is 11.0. The number of nitrogens with one attached hydrogen (secondary N) is 1. The van der Waals surface area contributed by atoms with E-state index < -0.39 is 16.2 Å². The molecule has 8 heteroatoms. The number of halogens is 1. The van der Waals surface area contributed by atoms with Crippen LogP contribution in [0.5, 0.6) is 0 Å². The van der Waals surface area contributed by atoms with E-state index in [4.69, 9.17) is 11.6 Å². The van der Waals surface area contributed by atoms with Gasteiger partial charge in [-0.2, -0.15) is 0 Å². The third-order valence-corrected chi connectivity index (χ3v) is 2.01. The minimum absolute atomic E-state index is 0. The van der Waals surface area contributed by atoms with Gasteiger partial charge in [0.05, 0.1) is 0 Å². The quantitative estimate of drug-likeness (QED) is 0.470. The van der Waals surface area contributed by atoms with Gasteiger partial charge >= 0.3 is 29.6 Å². The minimum atomic E-state index is -4.76. The van der Waals surface area contributed by atoms with Crippen LogP contribution in [0.2, 0.25) is 5.02 Å². The smallest absolute Gasteiger partial charge is 0.731 e. The second kappa shape index (κ2) is 5.83. The Balaban J connectivity index is 0.00000196. The summed E-state index contributed by atoms with van der Waals surface area (Å²) < 4.78 is 31.8. The van der Waals surface area contributed by atoms with Crippen LogP contribution in [0.4, 0.5) is 0 Å². The number of rotatable bonds is 2. The summed E-state index contributed by atoms with van der Waals surface area (Å²) in [5.74, 6) is -0.975. The first-order valence-electron chi connectivity index (χ1n) is 3.42. The summed E-state index contributed by atoms with van der Waals surface area (Å²) in [6.45, 7) is 0. The third kappa shape index (κ3) is 5.50. The molecule has 0 spiro atoms. The molecule has 0 radical (unpaired) electrons. The van der Waals surface area contributed by atoms with Crippen LogP contribution in [-0.2, 0) is 10.3 Å². The number of benzene rings is 1. The van der Waals surface area contributed by atoms with E-state index in [1.165, 1.54) is 29.0 Å². The molecule has 1 rings (SSSR count). The Morgan fingerprint density at radius 2 is 1.73 bits per heavy atom. The fourth-order valence-electron chi connectivity index (χ4n) is 0.774. The van der Waals surface area contributed by atoms with E-state index in [9.17, 15) is 17.8 Å². The van der Waals surface area contributed by atoms with Crippen molar-refractivity contribution in [3.63, 3.8) is 0 Å². The van der Waals surface area contributed by atoms with Crippen LogP contribution in [0.25, 0.3) is 0 Å². The molecule has 0 aliphatic heterocycles. The largest absolute Gasteiger partial charge is 1.00 e. The zero-order valence-electron chi connectivity index (χ0n) is 7.73. The van der Waals surface area contributed by atoms with E-state index in [2.05, 4.69) is 0 Å². The molecule has 1 amide bonds. The zero-order chi connectivity index (χ0) is 10.8. The first-order valence-corrected chi connectivity index (χ1v) is 5.20. The molecule has 0 bridgehead atoms. The second-order valence-corrected chi connectivity index (χ2v) is 3.94. The number of hydrogen-bond acceptors (Lipinski definition) is 4. The van der Waals surface area contributed by atoms with Crippen molar-refractivity contribution in [2.24, 2.45) is 0 Å². The summed E-state index contributed by atoms with van der Waals surface area (Å²) in [5, 5.41) is 0.409. The number of carbonyl (C=O) groups excluding carboxylic acids is 1. The Bertz CT molecular complexity index is 445. The van der Waals surface area contributed by atoms with Crippen molar-refractivity contribution < 1.29 is 47.3 Å². The van der Waals surface area contributed by atoms with Crippen molar-refractivity contribution in [3.05, 3.63) is 34.9 Å². The summed E-state index contributed by atoms with van der Waals surface area (Å²) in [6, 6.07) is 5.44. The molecule has 76 valence electrons. The first-order chi connectivity index (χ1) is 6.38. The Labute approximate surface area is 114 Å². The van der Waals surface area contributed by atoms with Crippen molar-refractivity contribution in [1.29, 1.82) is 0 Å². The Morgan fingerprint density at radius 1 is 1.27 bits per heavy atom. The van der Waals surface area contributed by atoms with E-state index in [1.807, 2.05) is 0 Å². The minimum Gasteiger partial charge on any atom is -0.731 e. The average Bonchev–Trinajstić information content (AvgIpc) is 2.02. The fourth-order valence-corrected chi connectivity index (χ4v) is 1.24. The fraction of sp³-hybridized carbons (Fsp3) is 0. The van der Waals surface area contributed by atoms with E-state index >= 15 is 0 Å². The molecule has 15 heavy (non-hydrogen) atoms. The summed E-state index contributed by atoms with van der Waals surface area (Å²) in [5.41, 5.74) is 0.0498. The molecule has 0 heterocycles. The summed E-state index contributed by atoms with van der Waals surface area (Å²) in [4.78, 5) is 11.0. The average molecular weight is 258 g/mol. The van der Waals surface area contributed by atoms with Gasteiger partial charge in [0.25, 0.3) is 5.91 Å². The normalized spacial score (nSPS) is 10.3. The van der Waals surface area contributed by atoms with Gasteiger partial charge in [0, 0.05) is 10.6 Å². The van der Waals surface area contributed by atoms with E-state index in [1.54, 1.807) is 0 Å². The first kappa shape index (κ1) is 14.9. The van der Waals surface area contributed by atoms with Crippen LogP contribution in [0, 0.1) is 0 Å². The Morgan fingerprint density at radius 3 is 2.13 bits per heavy atom. The maximum Gasteiger partial charge on any atom is 1.00 e. The number of carbonyl (C=O) groups is 1. The van der Waals surface area contributed by atoms with Crippen LogP contribution < -0.4 is 34.3 Å². The maximum atomic E-state index is 11.0. The molecule has 5 nitrogen and oxygen atoms in total. The van der Waals surface area contributed by atoms with Crippen LogP contribution in [0.15, 0.2) is 24.3 Å². The van der Waals surface area contributed by atoms with Gasteiger partial charge in [0.15, 0.2) is 10.3 Å². The van der Waals surface area contributed by atoms with Gasteiger partial charge < -0.3 is 4.55 Å². The zero-order valence-corrected chi connectivity index (χ0v) is 11.3. The topological polar surface area (TPSA) is 86.3 Å². The van der Waals surface area contributed by atoms with Crippen LogP contribution in [-0.4, -0.2) is 18.9 Å². The SMILES string of the molecule is O=C(NS(=O)(=O)[O-])c1ccc(Cl)cc1.[Na+]. The molecule has 0 unspecified atom stereocenters. The monoisotopic (exact) mass is 257 g/mol. The molecule has 0 aliphatic carbocycles. The van der Waals surface area contributed by atoms with Gasteiger partial charge in [-0.05, 0) is 24.3 Å². The summed E-state index contributed by atoms with van der Waals surface area (Å²) in [6.07, 6.45) is 0. The molecule has 1 aromatic carbocycles. The van der Waals surface area contributed by atoms with Gasteiger partial charge in [-0.15, -0.1) is 0 Å². The van der Waals surface area contributed by atoms with Crippen molar-refractivity contribution in [2.75, 3.05) is 0 Å². The molecular weight excluding hydrogens is 253 g/mol. The van der Waals surface area contributed by atoms with Gasteiger partial charge in [0.1, 0.15) is 0 Å². The van der Waals surface area contributed by atoms with Crippen molar-refractivity contribution in [3.8, 4) is 0 Å². The molecule has 0 aliphatic rings. The molecule has 0 aromatic heterocycles. The molecule has 1 N–H and O–H groups in total. The summed E-state index contributed by atoms with van der Waals surface area (Å²) in [7, 11) is -4.76. The van der Waals surface area contributed by atoms with Crippen molar-refractivity contribution in [2.45, 2.75) is 0 Å². The predicted octanol–water partition coefficient (Wildman–Crippen LogP) is -2.47. The van der Waals surface area contributed by atoms with E-state index in [0.29, 0.717) is 5.02 Å². The number of amides is 1. The van der Waals surface area contributed by atoms with Crippen molar-refractivity contribution >= 4 is 27.8 Å². The number of hydrogen-bond donors (Lipinski definition) is 1. The van der Waals surface area contributed by atoms with Crippen molar-refractivity contribution in [1.82, 2.24) is 4.72 Å². The third-order valence-electron chi connectivity index (χ3n) is 1.32. The Kier molecular flexibility index (Phi) is 5.79. The van der Waals surface area contributed by atoms with Gasteiger partial charge in [-0.25, -0.2) is 8.42 Å². The predicted molar refractivity (Wildman–Crippen MR) is 48.6 cm³/mol. The molecule has 0 saturated heterocycles. The van der Waals surface area contributed by atoms with Gasteiger partial charge in [0.2, 0.25) is 0 Å². The van der Waals surface area contributed by atoms with Crippen LogP contribution in [0.3, 0.4) is 0 Å². The molecule has 0 fully saturated rings. The molecular formula is C7H5ClNNaO4S. The summed E-state index contributed by atoms with van der Waals surface area (Å²) >= 11 is 5.54. The van der Waals surface area contributed by atoms with E-state index in [0.717, 1.165) is 0 Å². The molecule has 1 aromatic rings. The van der Waals surface area contributed by atoms with E-state index in [-0.39, 0.29) is 35.1 Å². The van der Waals surface area contributed by atoms with Crippen LogP contribution >= 0.6 is 11.6 Å². The molecule has 0 atom stereocenters. The van der Waals surface area contributed by atoms with Crippen LogP contribution in [0.1, 0.15) is 10.4 Å². The standard InChI is InChI=1S/C7H6ClNO4S.Na/c8-6-3-1-5(2-4-6)7(10)9-14(11,12)13;/h1-4H,(H,9,10)(H,11,12,13);/q;+1/p-1. The second-order valence-electron chi connectivity index (χ2n) is 2.39. The molecule has 0 saturated carbocycles.